The Hall–Kier alpha value is -7.31. The zero-order valence-electron chi connectivity index (χ0n) is 58.1. The molecular weight excluding hydrogens is 1210 g/mol. The van der Waals surface area contributed by atoms with Crippen molar-refractivity contribution in [1.82, 2.24) is 41.3 Å². The highest BCUT2D eigenvalue weighted by Crippen LogP contribution is 2.31. The number of nitrogens with two attached hydrogens (primary N) is 1. The van der Waals surface area contributed by atoms with Crippen LogP contribution in [0.25, 0.3) is 0 Å². The number of methoxy groups -OCH3 is 3. The number of alkyl carbamates (subject to hydrolysis) is 1. The number of nitrogens with one attached hydrogen (secondary N) is 5. The number of ketones is 2. The number of primary amides is 1. The molecule has 1 aromatic carbocycles. The summed E-state index contributed by atoms with van der Waals surface area (Å²) in [7, 11) is 6.31. The van der Waals surface area contributed by atoms with E-state index in [9.17, 15) is 52.7 Å². The lowest BCUT2D eigenvalue weighted by Gasteiger charge is -2.41. The minimum atomic E-state index is -1.10. The number of carbonyl (C=O) groups excluding carboxylic acids is 11. The predicted octanol–water partition coefficient (Wildman–Crippen LogP) is 6.80. The lowest BCUT2D eigenvalue weighted by atomic mass is 9.87. The minimum Gasteiger partial charge on any atom is -0.449 e. The molecule has 2 unspecified atom stereocenters. The molecule has 2 heterocycles. The number of nitrogens with zero attached hydrogens (tertiary/aromatic N) is 3. The van der Waals surface area contributed by atoms with E-state index >= 15 is 0 Å². The van der Waals surface area contributed by atoms with E-state index < -0.39 is 95.9 Å². The molecule has 3 aliphatic rings. The largest absolute Gasteiger partial charge is 0.449 e. The molecule has 0 spiro atoms. The first-order valence-corrected chi connectivity index (χ1v) is 33.6. The van der Waals surface area contributed by atoms with Gasteiger partial charge in [-0.3, -0.25) is 48.1 Å². The standard InChI is InChI=1S/C70H109N9O15/c1-15-45(8)62(56(91-12)40-59(84)78-37-23-28-54(78)63(92-13)46(9)65(85)73-47(10)64(93-14)50-24-18-16-19-25-50)77(11)68(88)61(44(6)7)75-67(87)60(43(4)5)76-70(90)94-41-49-31-29-48(30-32-49)38-55(81)53(27-22-35-72-69(71)89)74-66(86)52(42(2)3)39-51(80)26-20-17-21-36-79-57(82)33-34-58(79)83/h16,18-19,24-25,29-31,33-34,42-47,49,52-54,56,60-64H,15,17,20-23,26-28,32,35-41H2,1-14H3,(H,73,85)(H,74,86)(H,75,87)(H,76,90)(H3,71,72,89)/t45-,46+,47+,49?,52-,53-,54-,56+,60-,61-,62?,63+,64+/m0/s1. The molecule has 1 saturated heterocycles. The third kappa shape index (κ3) is 23.9. The van der Waals surface area contributed by atoms with Crippen LogP contribution in [0, 0.1) is 41.4 Å². The van der Waals surface area contributed by atoms with Gasteiger partial charge in [-0.05, 0) is 86.7 Å². The fourth-order valence-corrected chi connectivity index (χ4v) is 12.7. The van der Waals surface area contributed by atoms with E-state index in [0.29, 0.717) is 63.5 Å². The normalized spacial score (nSPS) is 19.1. The third-order valence-corrected chi connectivity index (χ3v) is 18.5. The number of ether oxygens (including phenoxy) is 4. The lowest BCUT2D eigenvalue weighted by Crippen LogP contribution is -2.60. The number of imide groups is 1. The molecule has 1 aliphatic carbocycles. The van der Waals surface area contributed by atoms with Crippen LogP contribution in [0.2, 0.25) is 0 Å². The van der Waals surface area contributed by atoms with Crippen molar-refractivity contribution in [3.05, 3.63) is 71.8 Å². The summed E-state index contributed by atoms with van der Waals surface area (Å²) in [6, 6.07) is 4.47. The summed E-state index contributed by atoms with van der Waals surface area (Å²) in [6.07, 6.45) is 9.93. The quantitative estimate of drug-likeness (QED) is 0.0290. The second kappa shape index (κ2) is 39.5. The summed E-state index contributed by atoms with van der Waals surface area (Å²) >= 11 is 0. The van der Waals surface area contributed by atoms with Gasteiger partial charge in [0, 0.05) is 91.3 Å². The maximum atomic E-state index is 14.8. The van der Waals surface area contributed by atoms with E-state index in [1.807, 2.05) is 91.0 Å². The average molecular weight is 1320 g/mol. The van der Waals surface area contributed by atoms with Crippen LogP contribution in [0.3, 0.4) is 0 Å². The van der Waals surface area contributed by atoms with Crippen molar-refractivity contribution >= 4 is 65.0 Å². The molecule has 94 heavy (non-hydrogen) atoms. The second-order valence-electron chi connectivity index (χ2n) is 26.5. The van der Waals surface area contributed by atoms with Crippen LogP contribution >= 0.6 is 0 Å². The zero-order valence-corrected chi connectivity index (χ0v) is 58.1. The van der Waals surface area contributed by atoms with Gasteiger partial charge in [-0.15, -0.1) is 0 Å². The second-order valence-corrected chi connectivity index (χ2v) is 26.5. The van der Waals surface area contributed by atoms with E-state index in [2.05, 4.69) is 26.6 Å². The Morgan fingerprint density at radius 1 is 0.734 bits per heavy atom. The number of amides is 10. The van der Waals surface area contributed by atoms with Gasteiger partial charge in [0.15, 0.2) is 5.78 Å². The number of unbranched alkanes of at least 4 members (excludes halogenated alkanes) is 2. The summed E-state index contributed by atoms with van der Waals surface area (Å²) in [6.45, 7) is 19.3. The van der Waals surface area contributed by atoms with Crippen molar-refractivity contribution in [3.63, 3.8) is 0 Å². The maximum Gasteiger partial charge on any atom is 0.407 e. The molecule has 1 aromatic rings. The van der Waals surface area contributed by atoms with Gasteiger partial charge in [-0.1, -0.05) is 124 Å². The lowest BCUT2D eigenvalue weighted by molar-refractivity contribution is -0.148. The van der Waals surface area contributed by atoms with Gasteiger partial charge in [0.2, 0.25) is 29.5 Å². The number of benzene rings is 1. The summed E-state index contributed by atoms with van der Waals surface area (Å²) in [4.78, 5) is 151. The van der Waals surface area contributed by atoms with Crippen molar-refractivity contribution in [2.75, 3.05) is 54.6 Å². The van der Waals surface area contributed by atoms with Crippen LogP contribution < -0.4 is 32.3 Å². The van der Waals surface area contributed by atoms with E-state index in [-0.39, 0.29) is 117 Å². The van der Waals surface area contributed by atoms with E-state index in [0.717, 1.165) is 10.5 Å². The fraction of sp³-hybridized carbons (Fsp3) is 0.671. The smallest absolute Gasteiger partial charge is 0.407 e. The van der Waals surface area contributed by atoms with Gasteiger partial charge in [-0.2, -0.15) is 0 Å². The first-order chi connectivity index (χ1) is 44.6. The van der Waals surface area contributed by atoms with Crippen LogP contribution in [0.15, 0.2) is 66.3 Å². The monoisotopic (exact) mass is 1320 g/mol. The molecule has 24 heteroatoms. The third-order valence-electron chi connectivity index (χ3n) is 18.5. The number of allylic oxidation sites excluding steroid dienone is 3. The number of rotatable bonds is 41. The molecule has 7 N–H and O–H groups in total. The highest BCUT2D eigenvalue weighted by Gasteiger charge is 2.44. The molecule has 524 valence electrons. The van der Waals surface area contributed by atoms with E-state index in [1.165, 1.54) is 19.3 Å². The predicted molar refractivity (Wildman–Crippen MR) is 356 cm³/mol. The van der Waals surface area contributed by atoms with Crippen molar-refractivity contribution in [2.45, 2.75) is 207 Å². The molecule has 0 saturated carbocycles. The van der Waals surface area contributed by atoms with Crippen LogP contribution in [-0.2, 0) is 62.1 Å². The maximum absolute atomic E-state index is 14.8. The summed E-state index contributed by atoms with van der Waals surface area (Å²) in [5.74, 6) is -5.83. The number of carbonyl (C=O) groups is 11. The summed E-state index contributed by atoms with van der Waals surface area (Å²) in [5, 5.41) is 14.1. The minimum absolute atomic E-state index is 0.0295. The van der Waals surface area contributed by atoms with E-state index in [4.69, 9.17) is 24.7 Å². The Morgan fingerprint density at radius 3 is 1.98 bits per heavy atom. The highest BCUT2D eigenvalue weighted by molar-refractivity contribution is 6.12. The Labute approximate surface area is 556 Å². The number of likely N-dealkylation sites (tertiary alicyclic amines) is 1. The average Bonchev–Trinajstić information content (AvgIpc) is 1.41. The molecule has 4 rings (SSSR count). The summed E-state index contributed by atoms with van der Waals surface area (Å²) in [5.41, 5.74) is 6.87. The molecule has 13 atom stereocenters. The number of Topliss-reactive ketones (excluding diaryl/α,β-unsaturated/α-hetero) is 2. The van der Waals surface area contributed by atoms with Crippen LogP contribution in [0.1, 0.15) is 164 Å². The van der Waals surface area contributed by atoms with Gasteiger partial charge in [-0.25, -0.2) is 9.59 Å². The highest BCUT2D eigenvalue weighted by atomic mass is 16.5. The van der Waals surface area contributed by atoms with Gasteiger partial charge >= 0.3 is 12.1 Å². The van der Waals surface area contributed by atoms with Crippen molar-refractivity contribution in [3.8, 4) is 0 Å². The molecule has 10 amide bonds. The van der Waals surface area contributed by atoms with Crippen molar-refractivity contribution < 1.29 is 71.7 Å². The van der Waals surface area contributed by atoms with Gasteiger partial charge in [0.05, 0.1) is 55.3 Å². The molecule has 2 aliphatic heterocycles. The number of hydrogen-bond donors (Lipinski definition) is 6. The Bertz CT molecular complexity index is 2790. The molecule has 24 nitrogen and oxygen atoms in total. The zero-order chi connectivity index (χ0) is 69.9. The number of urea groups is 1. The van der Waals surface area contributed by atoms with Crippen LogP contribution in [-0.4, -0.2) is 183 Å². The van der Waals surface area contributed by atoms with Crippen molar-refractivity contribution in [2.24, 2.45) is 47.2 Å². The van der Waals surface area contributed by atoms with Crippen LogP contribution in [0.5, 0.6) is 0 Å². The van der Waals surface area contributed by atoms with Crippen molar-refractivity contribution in [1.29, 1.82) is 0 Å². The van der Waals surface area contributed by atoms with Gasteiger partial charge in [0.1, 0.15) is 24.0 Å². The number of likely N-dealkylation sites (N-methyl/N-ethyl adjacent to an activating group) is 1. The molecule has 0 bridgehead atoms. The molecule has 0 radical (unpaired) electrons. The van der Waals surface area contributed by atoms with Gasteiger partial charge in [0.25, 0.3) is 11.8 Å². The topological polar surface area (TPSA) is 321 Å². The Kier molecular flexibility index (Phi) is 33.3. The molecule has 0 aromatic heterocycles. The first-order valence-electron chi connectivity index (χ1n) is 33.6. The SMILES string of the molecule is CC[C@H](C)C([C@@H](CC(=O)N1CCC[C@H]1[C@H](OC)[C@@H](C)C(=O)N[C@H](C)[C@@H](OC)c1ccccc1)OC)N(C)C(=O)[C@@H](NC(=O)[C@@H](NC(=O)OCC1C=CC(CC(=O)[C@H](CCCNC(N)=O)NC(=O)[C@@H](CC(=O)CCCCCN2C(=O)C=CC2=O)C(C)C)=CC1)C(C)C)C(C)C. The Balaban J connectivity index is 1.33. The molecule has 1 fully saturated rings. The van der Waals surface area contributed by atoms with Crippen LogP contribution in [0.4, 0.5) is 9.59 Å². The summed E-state index contributed by atoms with van der Waals surface area (Å²) < 4.78 is 23.6. The first kappa shape index (κ1) is 79.1. The van der Waals surface area contributed by atoms with E-state index in [1.54, 1.807) is 57.9 Å². The fourth-order valence-electron chi connectivity index (χ4n) is 12.7. The molecular formula is C70H109N9O15. The van der Waals surface area contributed by atoms with Gasteiger partial charge < -0.3 is 61.1 Å². The Morgan fingerprint density at radius 2 is 1.40 bits per heavy atom. The number of hydrogen-bond acceptors (Lipinski definition) is 15.